The van der Waals surface area contributed by atoms with Crippen molar-refractivity contribution in [3.05, 3.63) is 29.8 Å². The summed E-state index contributed by atoms with van der Waals surface area (Å²) in [5.41, 5.74) is 2.18. The van der Waals surface area contributed by atoms with Crippen molar-refractivity contribution in [2.75, 3.05) is 11.4 Å². The number of carbonyl (C=O) groups is 1. The minimum atomic E-state index is -0.147. The van der Waals surface area contributed by atoms with E-state index in [1.54, 1.807) is 0 Å². The quantitative estimate of drug-likeness (QED) is 0.862. The third-order valence-electron chi connectivity index (χ3n) is 3.72. The molecule has 1 N–H and O–H groups in total. The second-order valence-corrected chi connectivity index (χ2v) is 6.29. The average Bonchev–Trinajstić information content (AvgIpc) is 2.36. The summed E-state index contributed by atoms with van der Waals surface area (Å²) in [6.07, 6.45) is 0.921. The van der Waals surface area contributed by atoms with Gasteiger partial charge in [0.2, 0.25) is 5.91 Å². The first-order valence-corrected chi connectivity index (χ1v) is 7.40. The topological polar surface area (TPSA) is 32.3 Å². The molecule has 0 aliphatic carbocycles. The van der Waals surface area contributed by atoms with Crippen LogP contribution in [0.4, 0.5) is 5.69 Å². The van der Waals surface area contributed by atoms with Crippen molar-refractivity contribution in [3.63, 3.8) is 0 Å². The highest BCUT2D eigenvalue weighted by Gasteiger charge is 2.21. The molecule has 0 saturated heterocycles. The van der Waals surface area contributed by atoms with Crippen LogP contribution in [0.5, 0.6) is 0 Å². The molecule has 3 nitrogen and oxygen atoms in total. The highest BCUT2D eigenvalue weighted by molar-refractivity contribution is 5.82. The average molecular weight is 276 g/mol. The molecule has 1 aromatic carbocycles. The summed E-state index contributed by atoms with van der Waals surface area (Å²) in [5.74, 6) is 0.0776. The van der Waals surface area contributed by atoms with Crippen molar-refractivity contribution in [1.82, 2.24) is 5.32 Å². The minimum absolute atomic E-state index is 0.0776. The molecule has 1 amide bonds. The van der Waals surface area contributed by atoms with E-state index in [1.807, 2.05) is 12.1 Å². The van der Waals surface area contributed by atoms with Gasteiger partial charge in [-0.3, -0.25) is 4.79 Å². The number of hydrogen-bond donors (Lipinski definition) is 1. The molecule has 1 rings (SSSR count). The molecular weight excluding hydrogens is 248 g/mol. The highest BCUT2D eigenvalue weighted by Crippen LogP contribution is 2.21. The zero-order valence-electron chi connectivity index (χ0n) is 13.7. The molecule has 0 aliphatic rings. The molecule has 0 aromatic heterocycles. The van der Waals surface area contributed by atoms with Gasteiger partial charge in [-0.1, -0.05) is 25.1 Å². The van der Waals surface area contributed by atoms with Crippen LogP contribution < -0.4 is 10.2 Å². The van der Waals surface area contributed by atoms with Gasteiger partial charge in [-0.05, 0) is 52.7 Å². The van der Waals surface area contributed by atoms with Gasteiger partial charge in [-0.25, -0.2) is 0 Å². The van der Waals surface area contributed by atoms with E-state index in [2.05, 4.69) is 63.9 Å². The molecular formula is C17H28N2O. The summed E-state index contributed by atoms with van der Waals surface area (Å²) in [5, 5.41) is 3.10. The van der Waals surface area contributed by atoms with Gasteiger partial charge in [0.15, 0.2) is 0 Å². The van der Waals surface area contributed by atoms with Crippen LogP contribution in [0, 0.1) is 6.92 Å². The zero-order chi connectivity index (χ0) is 15.3. The lowest BCUT2D eigenvalue weighted by Crippen LogP contribution is -2.48. The SMILES string of the molecule is CCC(C)(C)NC(=O)CN(c1ccccc1C)C(C)C. The van der Waals surface area contributed by atoms with Crippen LogP contribution in [-0.4, -0.2) is 24.0 Å². The van der Waals surface area contributed by atoms with Crippen LogP contribution in [0.3, 0.4) is 0 Å². The summed E-state index contributed by atoms with van der Waals surface area (Å²) in [7, 11) is 0. The van der Waals surface area contributed by atoms with E-state index in [0.29, 0.717) is 6.54 Å². The largest absolute Gasteiger partial charge is 0.360 e. The number of para-hydroxylation sites is 1. The number of amides is 1. The Morgan fingerprint density at radius 2 is 1.90 bits per heavy atom. The number of aryl methyl sites for hydroxylation is 1. The Bertz CT molecular complexity index is 452. The molecule has 0 spiro atoms. The van der Waals surface area contributed by atoms with Gasteiger partial charge in [0.1, 0.15) is 0 Å². The van der Waals surface area contributed by atoms with E-state index in [9.17, 15) is 4.79 Å². The van der Waals surface area contributed by atoms with Crippen LogP contribution in [0.1, 0.15) is 46.6 Å². The van der Waals surface area contributed by atoms with Gasteiger partial charge >= 0.3 is 0 Å². The summed E-state index contributed by atoms with van der Waals surface area (Å²) >= 11 is 0. The lowest BCUT2D eigenvalue weighted by molar-refractivity contribution is -0.121. The van der Waals surface area contributed by atoms with E-state index < -0.39 is 0 Å². The summed E-state index contributed by atoms with van der Waals surface area (Å²) in [6.45, 7) is 12.9. The Kier molecular flexibility index (Phi) is 5.61. The first-order valence-electron chi connectivity index (χ1n) is 7.40. The molecule has 0 heterocycles. The van der Waals surface area contributed by atoms with Crippen molar-refractivity contribution < 1.29 is 4.79 Å². The maximum atomic E-state index is 12.3. The molecule has 1 aromatic rings. The Hall–Kier alpha value is -1.51. The third kappa shape index (κ3) is 4.55. The van der Waals surface area contributed by atoms with Crippen LogP contribution >= 0.6 is 0 Å². The molecule has 0 bridgehead atoms. The summed E-state index contributed by atoms with van der Waals surface area (Å²) in [6, 6.07) is 8.49. The Balaban J connectivity index is 2.84. The van der Waals surface area contributed by atoms with Crippen molar-refractivity contribution in [2.45, 2.75) is 59.5 Å². The number of benzene rings is 1. The molecule has 112 valence electrons. The fourth-order valence-corrected chi connectivity index (χ4v) is 2.09. The Morgan fingerprint density at radius 3 is 2.40 bits per heavy atom. The Morgan fingerprint density at radius 1 is 1.30 bits per heavy atom. The number of nitrogens with one attached hydrogen (secondary N) is 1. The van der Waals surface area contributed by atoms with E-state index >= 15 is 0 Å². The second kappa shape index (κ2) is 6.78. The monoisotopic (exact) mass is 276 g/mol. The molecule has 0 unspecified atom stereocenters. The first-order chi connectivity index (χ1) is 9.26. The van der Waals surface area contributed by atoms with E-state index in [-0.39, 0.29) is 17.5 Å². The zero-order valence-corrected chi connectivity index (χ0v) is 13.7. The number of anilines is 1. The van der Waals surface area contributed by atoms with Crippen LogP contribution in [-0.2, 0) is 4.79 Å². The predicted molar refractivity (Wildman–Crippen MR) is 86.2 cm³/mol. The van der Waals surface area contributed by atoms with Gasteiger partial charge in [0.05, 0.1) is 6.54 Å². The van der Waals surface area contributed by atoms with Crippen molar-refractivity contribution >= 4 is 11.6 Å². The van der Waals surface area contributed by atoms with Gasteiger partial charge in [-0.15, -0.1) is 0 Å². The molecule has 0 aliphatic heterocycles. The first kappa shape index (κ1) is 16.5. The van der Waals surface area contributed by atoms with Gasteiger partial charge < -0.3 is 10.2 Å². The van der Waals surface area contributed by atoms with Gasteiger partial charge in [-0.2, -0.15) is 0 Å². The summed E-state index contributed by atoms with van der Waals surface area (Å²) < 4.78 is 0. The number of carbonyl (C=O) groups excluding carboxylic acids is 1. The van der Waals surface area contributed by atoms with Crippen molar-refractivity contribution in [3.8, 4) is 0 Å². The number of rotatable bonds is 6. The molecule has 20 heavy (non-hydrogen) atoms. The molecule has 0 saturated carbocycles. The maximum Gasteiger partial charge on any atom is 0.239 e. The maximum absolute atomic E-state index is 12.3. The molecule has 0 radical (unpaired) electrons. The van der Waals surface area contributed by atoms with E-state index in [4.69, 9.17) is 0 Å². The van der Waals surface area contributed by atoms with E-state index in [1.165, 1.54) is 5.56 Å². The number of nitrogens with zero attached hydrogens (tertiary/aromatic N) is 1. The normalized spacial score (nSPS) is 11.6. The van der Waals surface area contributed by atoms with E-state index in [0.717, 1.165) is 12.1 Å². The molecule has 0 atom stereocenters. The van der Waals surface area contributed by atoms with Crippen LogP contribution in [0.2, 0.25) is 0 Å². The molecule has 3 heteroatoms. The fourth-order valence-electron chi connectivity index (χ4n) is 2.09. The van der Waals surface area contributed by atoms with Crippen molar-refractivity contribution in [2.24, 2.45) is 0 Å². The smallest absolute Gasteiger partial charge is 0.239 e. The predicted octanol–water partition coefficient (Wildman–Crippen LogP) is 3.51. The van der Waals surface area contributed by atoms with Crippen LogP contribution in [0.15, 0.2) is 24.3 Å². The molecule has 0 fully saturated rings. The van der Waals surface area contributed by atoms with Crippen molar-refractivity contribution in [1.29, 1.82) is 0 Å². The standard InChI is InChI=1S/C17H28N2O/c1-7-17(5,6)18-16(20)12-19(13(2)3)15-11-9-8-10-14(15)4/h8-11,13H,7,12H2,1-6H3,(H,18,20). The van der Waals surface area contributed by atoms with Gasteiger partial charge in [0, 0.05) is 17.3 Å². The Labute approximate surface area is 123 Å². The van der Waals surface area contributed by atoms with Gasteiger partial charge in [0.25, 0.3) is 0 Å². The third-order valence-corrected chi connectivity index (χ3v) is 3.72. The van der Waals surface area contributed by atoms with Crippen LogP contribution in [0.25, 0.3) is 0 Å². The minimum Gasteiger partial charge on any atom is -0.360 e. The second-order valence-electron chi connectivity index (χ2n) is 6.29. The lowest BCUT2D eigenvalue weighted by atomic mass is 10.0. The summed E-state index contributed by atoms with van der Waals surface area (Å²) in [4.78, 5) is 14.4. The fraction of sp³-hybridized carbons (Fsp3) is 0.588. The lowest BCUT2D eigenvalue weighted by Gasteiger charge is -2.32. The number of hydrogen-bond acceptors (Lipinski definition) is 2. The highest BCUT2D eigenvalue weighted by atomic mass is 16.2.